The van der Waals surface area contributed by atoms with E-state index >= 15 is 0 Å². The molecule has 0 fully saturated rings. The highest BCUT2D eigenvalue weighted by molar-refractivity contribution is 14.1. The molecule has 0 aliphatic carbocycles. The summed E-state index contributed by atoms with van der Waals surface area (Å²) in [6, 6.07) is 5.32. The van der Waals surface area contributed by atoms with Crippen LogP contribution in [-0.2, 0) is 10.0 Å². The Balaban J connectivity index is 3.29. The molecule has 0 saturated heterocycles. The number of anilines is 1. The van der Waals surface area contributed by atoms with Gasteiger partial charge in [0, 0.05) is 11.9 Å². The predicted molar refractivity (Wildman–Crippen MR) is 94.2 cm³/mol. The van der Waals surface area contributed by atoms with E-state index in [0.717, 1.165) is 6.07 Å². The fraction of sp³-hybridized carbons (Fsp3) is 0.333. The molecule has 0 amide bonds. The molecule has 20 heavy (non-hydrogen) atoms. The molecular formula is C9H7Cl4FINO2S2. The molecule has 0 unspecified atom stereocenters. The third-order valence-corrected chi connectivity index (χ3v) is 9.19. The third-order valence-electron chi connectivity index (χ3n) is 1.90. The van der Waals surface area contributed by atoms with Gasteiger partial charge in [0.2, 0.25) is 3.67 Å². The molecule has 1 rings (SSSR count). The zero-order valence-electron chi connectivity index (χ0n) is 9.44. The van der Waals surface area contributed by atoms with Crippen LogP contribution in [0.5, 0.6) is 0 Å². The maximum Gasteiger partial charge on any atom is 0.254 e. The van der Waals surface area contributed by atoms with Crippen LogP contribution in [0.3, 0.4) is 0 Å². The van der Waals surface area contributed by atoms with Gasteiger partial charge in [-0.15, -0.1) is 23.2 Å². The highest BCUT2D eigenvalue weighted by Gasteiger charge is 2.40. The lowest BCUT2D eigenvalue weighted by Crippen LogP contribution is -2.32. The van der Waals surface area contributed by atoms with Crippen LogP contribution in [0.25, 0.3) is 0 Å². The van der Waals surface area contributed by atoms with Gasteiger partial charge in [0.15, 0.2) is 4.84 Å². The minimum atomic E-state index is -3.85. The first kappa shape index (κ1) is 19.2. The molecule has 0 aliphatic rings. The van der Waals surface area contributed by atoms with Crippen molar-refractivity contribution in [3.05, 3.63) is 30.1 Å². The second-order valence-electron chi connectivity index (χ2n) is 3.35. The first-order valence-electron chi connectivity index (χ1n) is 4.80. The number of sulfonamides is 1. The van der Waals surface area contributed by atoms with Crippen molar-refractivity contribution in [3.63, 3.8) is 0 Å². The van der Waals surface area contributed by atoms with Crippen LogP contribution >= 0.6 is 80.9 Å². The largest absolute Gasteiger partial charge is 0.254 e. The van der Waals surface area contributed by atoms with E-state index in [0.29, 0.717) is 15.7 Å². The predicted octanol–water partition coefficient (Wildman–Crippen LogP) is 4.94. The average Bonchev–Trinajstić information content (AvgIpc) is 2.36. The Bertz CT molecular complexity index is 573. The van der Waals surface area contributed by atoms with Gasteiger partial charge >= 0.3 is 0 Å². The van der Waals surface area contributed by atoms with Gasteiger partial charge in [-0.25, -0.2) is 16.5 Å². The summed E-state index contributed by atoms with van der Waals surface area (Å²) in [4.78, 5) is -1.28. The van der Waals surface area contributed by atoms with Gasteiger partial charge in [0.25, 0.3) is 10.0 Å². The van der Waals surface area contributed by atoms with Crippen LogP contribution in [0.4, 0.5) is 10.1 Å². The lowest BCUT2D eigenvalue weighted by atomic mass is 10.3. The lowest BCUT2D eigenvalue weighted by Gasteiger charge is -2.29. The van der Waals surface area contributed by atoms with Gasteiger partial charge in [0.1, 0.15) is 9.58 Å². The Morgan fingerprint density at radius 1 is 1.35 bits per heavy atom. The van der Waals surface area contributed by atoms with Gasteiger partial charge in [-0.3, -0.25) is 0 Å². The van der Waals surface area contributed by atoms with E-state index < -0.39 is 24.3 Å². The molecule has 3 nitrogen and oxygen atoms in total. The monoisotopic (exact) mass is 511 g/mol. The van der Waals surface area contributed by atoms with E-state index in [4.69, 9.17) is 46.4 Å². The first-order chi connectivity index (χ1) is 9.12. The van der Waals surface area contributed by atoms with Crippen LogP contribution in [-0.4, -0.2) is 20.7 Å². The summed E-state index contributed by atoms with van der Waals surface area (Å²) >= 11 is 25.0. The fourth-order valence-electron chi connectivity index (χ4n) is 1.05. The molecule has 0 spiro atoms. The van der Waals surface area contributed by atoms with Crippen molar-refractivity contribution in [2.45, 2.75) is 8.50 Å². The molecule has 0 radical (unpaired) electrons. The standard InChI is InChI=1S/C9H7Cl4FINO2S2/c10-8(11)9(12,13)19-16(20(17,18)5-15)7-4-2-1-3-6(7)14/h1-4,8H,5H2. The highest BCUT2D eigenvalue weighted by atomic mass is 127. The molecule has 11 heteroatoms. The number of rotatable bonds is 6. The van der Waals surface area contributed by atoms with Crippen molar-refractivity contribution in [2.75, 3.05) is 7.47 Å². The Hall–Kier alpha value is 1.14. The van der Waals surface area contributed by atoms with Crippen LogP contribution in [0.15, 0.2) is 24.3 Å². The summed E-state index contributed by atoms with van der Waals surface area (Å²) in [6.45, 7) is 0. The Morgan fingerprint density at radius 3 is 2.35 bits per heavy atom. The van der Waals surface area contributed by atoms with Crippen LogP contribution in [0.2, 0.25) is 0 Å². The minimum Gasteiger partial charge on any atom is -0.205 e. The van der Waals surface area contributed by atoms with Gasteiger partial charge < -0.3 is 0 Å². The smallest absolute Gasteiger partial charge is 0.205 e. The van der Waals surface area contributed by atoms with E-state index in [9.17, 15) is 12.8 Å². The molecule has 1 aromatic carbocycles. The molecule has 0 bridgehead atoms. The van der Waals surface area contributed by atoms with Crippen LogP contribution in [0.1, 0.15) is 0 Å². The summed E-state index contributed by atoms with van der Waals surface area (Å²) in [5, 5.41) is 0. The highest BCUT2D eigenvalue weighted by Crippen LogP contribution is 2.47. The first-order valence-corrected chi connectivity index (χ1v) is 10.3. The molecule has 1 aromatic rings. The van der Waals surface area contributed by atoms with Crippen molar-refractivity contribution in [2.24, 2.45) is 0 Å². The summed E-state index contributed by atoms with van der Waals surface area (Å²) in [5.41, 5.74) is -0.200. The molecule has 114 valence electrons. The maximum absolute atomic E-state index is 13.8. The fourth-order valence-corrected chi connectivity index (χ4v) is 5.40. The topological polar surface area (TPSA) is 37.4 Å². The van der Waals surface area contributed by atoms with Gasteiger partial charge in [0.05, 0.1) is 5.69 Å². The van der Waals surface area contributed by atoms with Crippen molar-refractivity contribution in [1.29, 1.82) is 0 Å². The number of alkyl halides is 5. The molecular weight excluding hydrogens is 506 g/mol. The average molecular weight is 513 g/mol. The molecule has 0 atom stereocenters. The van der Waals surface area contributed by atoms with Crippen molar-refractivity contribution >= 4 is 96.7 Å². The number of benzene rings is 1. The Kier molecular flexibility index (Phi) is 7.30. The van der Waals surface area contributed by atoms with Crippen LogP contribution < -0.4 is 3.71 Å². The summed E-state index contributed by atoms with van der Waals surface area (Å²) in [7, 11) is -3.85. The van der Waals surface area contributed by atoms with Crippen molar-refractivity contribution in [1.82, 2.24) is 0 Å². The Labute approximate surface area is 154 Å². The summed E-state index contributed by atoms with van der Waals surface area (Å²) < 4.78 is 36.5. The third kappa shape index (κ3) is 4.82. The Morgan fingerprint density at radius 2 is 1.90 bits per heavy atom. The zero-order chi connectivity index (χ0) is 15.6. The molecule has 0 saturated carbocycles. The van der Waals surface area contributed by atoms with E-state index in [-0.39, 0.29) is 9.45 Å². The number of para-hydroxylation sites is 1. The van der Waals surface area contributed by atoms with Crippen LogP contribution in [0, 0.1) is 5.82 Å². The molecule has 0 N–H and O–H groups in total. The quantitative estimate of drug-likeness (QED) is 0.308. The minimum absolute atomic E-state index is 0.200. The molecule has 0 aliphatic heterocycles. The molecule has 0 aromatic heterocycles. The number of hydrogen-bond acceptors (Lipinski definition) is 3. The van der Waals surface area contributed by atoms with Gasteiger partial charge in [-0.05, 0) is 12.1 Å². The van der Waals surface area contributed by atoms with Crippen molar-refractivity contribution in [3.8, 4) is 0 Å². The zero-order valence-corrected chi connectivity index (χ0v) is 16.3. The summed E-state index contributed by atoms with van der Waals surface area (Å²) in [6.07, 6.45) is 0. The number of hydrogen-bond donors (Lipinski definition) is 0. The number of halogens is 6. The maximum atomic E-state index is 13.8. The van der Waals surface area contributed by atoms with E-state index in [1.807, 2.05) is 0 Å². The molecule has 0 heterocycles. The SMILES string of the molecule is O=S(=O)(CI)N(SC(Cl)(Cl)C(Cl)Cl)c1ccccc1F. The van der Waals surface area contributed by atoms with Gasteiger partial charge in [-0.1, -0.05) is 57.9 Å². The second kappa shape index (κ2) is 7.61. The van der Waals surface area contributed by atoms with Crippen molar-refractivity contribution < 1.29 is 12.8 Å². The summed E-state index contributed by atoms with van der Waals surface area (Å²) in [5.74, 6) is -0.738. The normalized spacial score (nSPS) is 12.8. The van der Waals surface area contributed by atoms with Gasteiger partial charge in [-0.2, -0.15) is 0 Å². The second-order valence-corrected chi connectivity index (χ2v) is 11.3. The number of nitrogens with zero attached hydrogens (tertiary/aromatic N) is 1. The van der Waals surface area contributed by atoms with E-state index in [1.165, 1.54) is 18.2 Å². The van der Waals surface area contributed by atoms with E-state index in [1.54, 1.807) is 22.6 Å². The lowest BCUT2D eigenvalue weighted by molar-refractivity contribution is 0.599. The van der Waals surface area contributed by atoms with E-state index in [2.05, 4.69) is 0 Å².